The van der Waals surface area contributed by atoms with Crippen molar-refractivity contribution in [2.24, 2.45) is 0 Å². The van der Waals surface area contributed by atoms with Crippen molar-refractivity contribution >= 4 is 0 Å². The Kier molecular flexibility index (Phi) is 4.68. The molecule has 0 aliphatic carbocycles. The number of rotatable bonds is 5. The Hall–Kier alpha value is -0.940. The number of hydrogen-bond donors (Lipinski definition) is 0. The maximum absolute atomic E-state index is 5.27. The smallest absolute Gasteiger partial charge is 0.226 e. The molecule has 3 rings (SSSR count). The van der Waals surface area contributed by atoms with Crippen LogP contribution in [0.3, 0.4) is 0 Å². The Morgan fingerprint density at radius 3 is 2.70 bits per heavy atom. The zero-order valence-corrected chi connectivity index (χ0v) is 12.6. The van der Waals surface area contributed by atoms with E-state index in [0.717, 1.165) is 24.7 Å². The quantitative estimate of drug-likeness (QED) is 0.826. The topological polar surface area (TPSA) is 45.4 Å². The number of aryl methyl sites for hydroxylation is 1. The van der Waals surface area contributed by atoms with Gasteiger partial charge in [0.1, 0.15) is 0 Å². The number of nitrogens with zero attached hydrogens (tertiary/aromatic N) is 4. The normalized spacial score (nSPS) is 25.4. The van der Waals surface area contributed by atoms with Gasteiger partial charge < -0.3 is 9.42 Å². The molecule has 0 saturated carbocycles. The molecule has 5 nitrogen and oxygen atoms in total. The summed E-state index contributed by atoms with van der Waals surface area (Å²) in [6.07, 6.45) is 7.39. The summed E-state index contributed by atoms with van der Waals surface area (Å²) in [4.78, 5) is 9.67. The van der Waals surface area contributed by atoms with Gasteiger partial charge in [-0.15, -0.1) is 0 Å². The van der Waals surface area contributed by atoms with Crippen LogP contribution in [0.2, 0.25) is 0 Å². The lowest BCUT2D eigenvalue weighted by Gasteiger charge is -2.30. The van der Waals surface area contributed by atoms with E-state index in [4.69, 9.17) is 4.52 Å². The highest BCUT2D eigenvalue weighted by Gasteiger charge is 2.29. The summed E-state index contributed by atoms with van der Waals surface area (Å²) in [6.45, 7) is 8.12. The third-order valence-corrected chi connectivity index (χ3v) is 4.60. The van der Waals surface area contributed by atoms with Crippen molar-refractivity contribution in [2.45, 2.75) is 51.5 Å². The lowest BCUT2D eigenvalue weighted by molar-refractivity contribution is 0.170. The molecule has 1 unspecified atom stereocenters. The molecule has 1 aromatic heterocycles. The summed E-state index contributed by atoms with van der Waals surface area (Å²) < 4.78 is 5.27. The van der Waals surface area contributed by atoms with E-state index in [1.807, 2.05) is 0 Å². The zero-order chi connectivity index (χ0) is 13.8. The monoisotopic (exact) mass is 278 g/mol. The molecule has 112 valence electrons. The highest BCUT2D eigenvalue weighted by atomic mass is 16.5. The van der Waals surface area contributed by atoms with Crippen molar-refractivity contribution in [3.8, 4) is 0 Å². The van der Waals surface area contributed by atoms with Crippen LogP contribution in [0.1, 0.15) is 56.8 Å². The summed E-state index contributed by atoms with van der Waals surface area (Å²) in [7, 11) is 0. The van der Waals surface area contributed by atoms with Gasteiger partial charge in [-0.3, -0.25) is 4.90 Å². The molecular formula is C15H26N4O. The molecule has 2 aliphatic heterocycles. The van der Waals surface area contributed by atoms with Gasteiger partial charge >= 0.3 is 0 Å². The van der Waals surface area contributed by atoms with Gasteiger partial charge in [-0.2, -0.15) is 4.98 Å². The first kappa shape index (κ1) is 14.0. The molecule has 20 heavy (non-hydrogen) atoms. The van der Waals surface area contributed by atoms with Gasteiger partial charge in [0.05, 0.1) is 6.04 Å². The fraction of sp³-hybridized carbons (Fsp3) is 0.867. The minimum absolute atomic E-state index is 0.379. The van der Waals surface area contributed by atoms with Crippen molar-refractivity contribution in [3.05, 3.63) is 11.7 Å². The maximum Gasteiger partial charge on any atom is 0.226 e. The average molecular weight is 278 g/mol. The molecule has 0 amide bonds. The molecule has 1 atom stereocenters. The number of aromatic nitrogens is 2. The lowest BCUT2D eigenvalue weighted by Crippen LogP contribution is -2.37. The van der Waals surface area contributed by atoms with Gasteiger partial charge in [-0.05, 0) is 45.3 Å². The van der Waals surface area contributed by atoms with E-state index < -0.39 is 0 Å². The second kappa shape index (κ2) is 6.68. The molecule has 0 spiro atoms. The van der Waals surface area contributed by atoms with Crippen LogP contribution in [0.25, 0.3) is 0 Å². The van der Waals surface area contributed by atoms with Crippen molar-refractivity contribution in [2.75, 3.05) is 32.7 Å². The van der Waals surface area contributed by atoms with Crippen molar-refractivity contribution in [3.63, 3.8) is 0 Å². The first-order chi connectivity index (χ1) is 9.86. The molecule has 5 heteroatoms. The Bertz CT molecular complexity index is 414. The Morgan fingerprint density at radius 1 is 1.10 bits per heavy atom. The largest absolute Gasteiger partial charge is 0.339 e. The van der Waals surface area contributed by atoms with Crippen LogP contribution in [0.15, 0.2) is 4.52 Å². The van der Waals surface area contributed by atoms with Crippen LogP contribution in [0.4, 0.5) is 0 Å². The van der Waals surface area contributed by atoms with E-state index >= 15 is 0 Å². The third-order valence-electron chi connectivity index (χ3n) is 4.60. The third kappa shape index (κ3) is 3.20. The molecule has 2 saturated heterocycles. The molecule has 2 aliphatic rings. The second-order valence-corrected chi connectivity index (χ2v) is 6.00. The van der Waals surface area contributed by atoms with Crippen molar-refractivity contribution in [1.82, 2.24) is 19.9 Å². The fourth-order valence-electron chi connectivity index (χ4n) is 3.39. The van der Waals surface area contributed by atoms with Crippen LogP contribution in [-0.2, 0) is 6.42 Å². The molecule has 2 fully saturated rings. The highest BCUT2D eigenvalue weighted by molar-refractivity contribution is 4.98. The van der Waals surface area contributed by atoms with Crippen LogP contribution < -0.4 is 0 Å². The predicted octanol–water partition coefficient (Wildman–Crippen LogP) is 2.25. The van der Waals surface area contributed by atoms with Crippen LogP contribution in [-0.4, -0.2) is 52.7 Å². The van der Waals surface area contributed by atoms with Gasteiger partial charge in [-0.1, -0.05) is 18.5 Å². The summed E-state index contributed by atoms with van der Waals surface area (Å²) in [5, 5.41) is 4.17. The van der Waals surface area contributed by atoms with Crippen molar-refractivity contribution in [1.29, 1.82) is 0 Å². The first-order valence-electron chi connectivity index (χ1n) is 8.15. The first-order valence-corrected chi connectivity index (χ1v) is 8.15. The molecular weight excluding hydrogens is 252 g/mol. The average Bonchev–Trinajstić information content (AvgIpc) is 3.14. The molecule has 0 aromatic carbocycles. The second-order valence-electron chi connectivity index (χ2n) is 6.00. The van der Waals surface area contributed by atoms with Crippen LogP contribution in [0.5, 0.6) is 0 Å². The van der Waals surface area contributed by atoms with Crippen LogP contribution >= 0.6 is 0 Å². The van der Waals surface area contributed by atoms with E-state index in [1.165, 1.54) is 58.3 Å². The van der Waals surface area contributed by atoms with E-state index in [2.05, 4.69) is 26.9 Å². The fourth-order valence-corrected chi connectivity index (χ4v) is 3.39. The maximum atomic E-state index is 5.27. The van der Waals surface area contributed by atoms with Gasteiger partial charge in [-0.25, -0.2) is 0 Å². The SMILES string of the molecule is CCc1nc(C2CCCN2CCN2CCCCC2)no1. The minimum atomic E-state index is 0.379. The summed E-state index contributed by atoms with van der Waals surface area (Å²) in [6, 6.07) is 0.379. The molecule has 0 bridgehead atoms. The van der Waals surface area contributed by atoms with E-state index in [9.17, 15) is 0 Å². The Labute approximate surface area is 121 Å². The molecule has 0 N–H and O–H groups in total. The van der Waals surface area contributed by atoms with Gasteiger partial charge in [0.2, 0.25) is 5.89 Å². The van der Waals surface area contributed by atoms with Gasteiger partial charge in [0.15, 0.2) is 5.82 Å². The summed E-state index contributed by atoms with van der Waals surface area (Å²) in [5.74, 6) is 1.67. The molecule has 0 radical (unpaired) electrons. The Balaban J connectivity index is 1.54. The highest BCUT2D eigenvalue weighted by Crippen LogP contribution is 2.29. The minimum Gasteiger partial charge on any atom is -0.339 e. The van der Waals surface area contributed by atoms with E-state index in [0.29, 0.717) is 6.04 Å². The zero-order valence-electron chi connectivity index (χ0n) is 12.6. The van der Waals surface area contributed by atoms with Crippen molar-refractivity contribution < 1.29 is 4.52 Å². The standard InChI is InChI=1S/C15H26N4O/c1-2-14-16-15(17-20-14)13-7-6-10-19(13)12-11-18-8-4-3-5-9-18/h13H,2-12H2,1H3. The number of likely N-dealkylation sites (tertiary alicyclic amines) is 2. The van der Waals surface area contributed by atoms with E-state index in [-0.39, 0.29) is 0 Å². The predicted molar refractivity (Wildman–Crippen MR) is 77.5 cm³/mol. The van der Waals surface area contributed by atoms with E-state index in [1.54, 1.807) is 0 Å². The number of hydrogen-bond acceptors (Lipinski definition) is 5. The van der Waals surface area contributed by atoms with Crippen LogP contribution in [0, 0.1) is 0 Å². The summed E-state index contributed by atoms with van der Waals surface area (Å²) in [5.41, 5.74) is 0. The molecule has 3 heterocycles. The van der Waals surface area contributed by atoms with Gasteiger partial charge in [0, 0.05) is 19.5 Å². The molecule has 1 aromatic rings. The summed E-state index contributed by atoms with van der Waals surface area (Å²) >= 11 is 0. The lowest BCUT2D eigenvalue weighted by atomic mass is 10.1. The van der Waals surface area contributed by atoms with Gasteiger partial charge in [0.25, 0.3) is 0 Å². The Morgan fingerprint density at radius 2 is 1.95 bits per heavy atom. The number of piperidine rings is 1.